The van der Waals surface area contributed by atoms with Gasteiger partial charge in [0.15, 0.2) is 0 Å². The maximum atomic E-state index is 12.0. The zero-order valence-corrected chi connectivity index (χ0v) is 11.4. The van der Waals surface area contributed by atoms with Crippen LogP contribution < -0.4 is 5.32 Å². The second-order valence-corrected chi connectivity index (χ2v) is 4.76. The van der Waals surface area contributed by atoms with Gasteiger partial charge >= 0.3 is 6.09 Å². The highest BCUT2D eigenvalue weighted by molar-refractivity contribution is 5.98. The molecule has 1 aromatic carbocycles. The lowest BCUT2D eigenvalue weighted by Crippen LogP contribution is -2.23. The maximum absolute atomic E-state index is 12.0. The predicted molar refractivity (Wildman–Crippen MR) is 76.0 cm³/mol. The number of rotatable bonds is 4. The van der Waals surface area contributed by atoms with Crippen LogP contribution in [0, 0.1) is 0 Å². The van der Waals surface area contributed by atoms with E-state index in [1.807, 2.05) is 18.3 Å². The number of benzene rings is 1. The Bertz CT molecular complexity index is 646. The summed E-state index contributed by atoms with van der Waals surface area (Å²) in [5.41, 5.74) is 2.54. The van der Waals surface area contributed by atoms with Gasteiger partial charge in [-0.05, 0) is 30.2 Å². The van der Waals surface area contributed by atoms with Gasteiger partial charge in [-0.15, -0.1) is 0 Å². The summed E-state index contributed by atoms with van der Waals surface area (Å²) in [5.74, 6) is -0.0530. The molecule has 1 heterocycles. The van der Waals surface area contributed by atoms with Crippen molar-refractivity contribution in [2.24, 2.45) is 0 Å². The van der Waals surface area contributed by atoms with Crippen LogP contribution in [0.15, 0.2) is 24.4 Å². The molecule has 0 saturated carbocycles. The quantitative estimate of drug-likeness (QED) is 0.793. The molecule has 6 heteroatoms. The minimum atomic E-state index is -1.03. The van der Waals surface area contributed by atoms with Gasteiger partial charge in [0.2, 0.25) is 0 Å². The van der Waals surface area contributed by atoms with Crippen molar-refractivity contribution in [3.05, 3.63) is 35.5 Å². The third kappa shape index (κ3) is 2.90. The van der Waals surface area contributed by atoms with Crippen molar-refractivity contribution in [2.75, 3.05) is 20.6 Å². The molecule has 106 valence electrons. The van der Waals surface area contributed by atoms with E-state index >= 15 is 0 Å². The Balaban J connectivity index is 2.25. The summed E-state index contributed by atoms with van der Waals surface area (Å²) in [6.07, 6.45) is 1.39. The van der Waals surface area contributed by atoms with E-state index in [1.54, 1.807) is 20.2 Å². The monoisotopic (exact) mass is 275 g/mol. The lowest BCUT2D eigenvalue weighted by molar-refractivity contribution is 0.0827. The minimum Gasteiger partial charge on any atom is -0.465 e. The van der Waals surface area contributed by atoms with Crippen molar-refractivity contribution in [3.63, 3.8) is 0 Å². The number of carbonyl (C=O) groups is 2. The summed E-state index contributed by atoms with van der Waals surface area (Å²) in [4.78, 5) is 27.0. The Labute approximate surface area is 116 Å². The van der Waals surface area contributed by atoms with Gasteiger partial charge in [-0.3, -0.25) is 4.79 Å². The van der Waals surface area contributed by atoms with Crippen LogP contribution in [0.25, 0.3) is 10.9 Å². The number of fused-ring (bicyclic) bond motifs is 1. The second-order valence-electron chi connectivity index (χ2n) is 4.76. The summed E-state index contributed by atoms with van der Waals surface area (Å²) in [6.45, 7) is 0.341. The van der Waals surface area contributed by atoms with Gasteiger partial charge in [-0.2, -0.15) is 0 Å². The third-order valence-electron chi connectivity index (χ3n) is 3.09. The average Bonchev–Trinajstić information content (AvgIpc) is 2.80. The van der Waals surface area contributed by atoms with E-state index in [0.717, 1.165) is 16.5 Å². The van der Waals surface area contributed by atoms with E-state index in [0.29, 0.717) is 18.5 Å². The van der Waals surface area contributed by atoms with E-state index < -0.39 is 6.09 Å². The molecule has 3 N–H and O–H groups in total. The summed E-state index contributed by atoms with van der Waals surface area (Å²) in [7, 11) is 3.42. The predicted octanol–water partition coefficient (Wildman–Crippen LogP) is 1.68. The molecule has 0 saturated heterocycles. The summed E-state index contributed by atoms with van der Waals surface area (Å²) in [5, 5.41) is 11.8. The van der Waals surface area contributed by atoms with E-state index in [4.69, 9.17) is 5.11 Å². The van der Waals surface area contributed by atoms with Crippen LogP contribution in [0.5, 0.6) is 0 Å². The number of hydrogen-bond acceptors (Lipinski definition) is 2. The third-order valence-corrected chi connectivity index (χ3v) is 3.09. The molecular weight excluding hydrogens is 258 g/mol. The normalized spacial score (nSPS) is 10.5. The van der Waals surface area contributed by atoms with Crippen LogP contribution in [0.2, 0.25) is 0 Å². The first-order valence-electron chi connectivity index (χ1n) is 6.27. The zero-order chi connectivity index (χ0) is 14.7. The number of carboxylic acid groups (broad SMARTS) is 1. The van der Waals surface area contributed by atoms with Crippen LogP contribution >= 0.6 is 0 Å². The molecule has 1 aromatic heterocycles. The molecule has 0 bridgehead atoms. The Morgan fingerprint density at radius 1 is 1.35 bits per heavy atom. The topological polar surface area (TPSA) is 85.4 Å². The van der Waals surface area contributed by atoms with Crippen LogP contribution in [0.3, 0.4) is 0 Å². The van der Waals surface area contributed by atoms with E-state index in [9.17, 15) is 9.59 Å². The standard InChI is InChI=1S/C14H17N3O3/c1-17(2)13(18)9-3-4-12-11(7-9)10(8-16-12)5-6-15-14(19)20/h3-4,7-8,15-16H,5-6H2,1-2H3,(H,19,20). The number of nitrogens with zero attached hydrogens (tertiary/aromatic N) is 1. The Morgan fingerprint density at radius 3 is 2.75 bits per heavy atom. The lowest BCUT2D eigenvalue weighted by atomic mass is 10.1. The van der Waals surface area contributed by atoms with Crippen LogP contribution in [-0.2, 0) is 6.42 Å². The van der Waals surface area contributed by atoms with Crippen LogP contribution in [0.1, 0.15) is 15.9 Å². The molecule has 0 radical (unpaired) electrons. The number of aromatic amines is 1. The molecule has 2 aromatic rings. The zero-order valence-electron chi connectivity index (χ0n) is 11.4. The van der Waals surface area contributed by atoms with E-state index in [-0.39, 0.29) is 5.91 Å². The highest BCUT2D eigenvalue weighted by Crippen LogP contribution is 2.20. The molecule has 0 fully saturated rings. The van der Waals surface area contributed by atoms with Crippen molar-refractivity contribution in [3.8, 4) is 0 Å². The number of H-pyrrole nitrogens is 1. The molecule has 0 unspecified atom stereocenters. The van der Waals surface area contributed by atoms with Gasteiger partial charge in [0.1, 0.15) is 0 Å². The molecule has 0 aliphatic heterocycles. The molecule has 0 aliphatic carbocycles. The second kappa shape index (κ2) is 5.64. The average molecular weight is 275 g/mol. The molecule has 20 heavy (non-hydrogen) atoms. The van der Waals surface area contributed by atoms with Crippen molar-refractivity contribution >= 4 is 22.9 Å². The SMILES string of the molecule is CN(C)C(=O)c1ccc2[nH]cc(CCNC(=O)O)c2c1. The number of nitrogens with one attached hydrogen (secondary N) is 2. The number of aromatic nitrogens is 1. The van der Waals surface area contributed by atoms with Gasteiger partial charge in [-0.25, -0.2) is 4.79 Å². The number of carbonyl (C=O) groups excluding carboxylic acids is 1. The largest absolute Gasteiger partial charge is 0.465 e. The van der Waals surface area contributed by atoms with Gasteiger partial charge in [0.05, 0.1) is 0 Å². The molecule has 0 atom stereocenters. The van der Waals surface area contributed by atoms with Gasteiger partial charge in [-0.1, -0.05) is 0 Å². The summed E-state index contributed by atoms with van der Waals surface area (Å²) < 4.78 is 0. The number of amides is 2. The van der Waals surface area contributed by atoms with Crippen molar-refractivity contribution < 1.29 is 14.7 Å². The van der Waals surface area contributed by atoms with Crippen LogP contribution in [0.4, 0.5) is 4.79 Å². The van der Waals surface area contributed by atoms with Crippen molar-refractivity contribution in [1.82, 2.24) is 15.2 Å². The van der Waals surface area contributed by atoms with Crippen molar-refractivity contribution in [1.29, 1.82) is 0 Å². The Morgan fingerprint density at radius 2 is 2.10 bits per heavy atom. The minimum absolute atomic E-state index is 0.0530. The Kier molecular flexibility index (Phi) is 3.93. The van der Waals surface area contributed by atoms with E-state index in [2.05, 4.69) is 10.3 Å². The van der Waals surface area contributed by atoms with Gasteiger partial charge < -0.3 is 20.3 Å². The fourth-order valence-electron chi connectivity index (χ4n) is 2.08. The van der Waals surface area contributed by atoms with Crippen molar-refractivity contribution in [2.45, 2.75) is 6.42 Å². The lowest BCUT2D eigenvalue weighted by Gasteiger charge is -2.10. The number of hydrogen-bond donors (Lipinski definition) is 3. The first-order chi connectivity index (χ1) is 9.49. The Hall–Kier alpha value is -2.50. The molecule has 2 rings (SSSR count). The molecule has 6 nitrogen and oxygen atoms in total. The van der Waals surface area contributed by atoms with E-state index in [1.165, 1.54) is 4.90 Å². The first-order valence-corrected chi connectivity index (χ1v) is 6.27. The highest BCUT2D eigenvalue weighted by Gasteiger charge is 2.11. The molecule has 0 spiro atoms. The molecule has 0 aliphatic rings. The maximum Gasteiger partial charge on any atom is 0.404 e. The summed E-state index contributed by atoms with van der Waals surface area (Å²) in [6, 6.07) is 5.48. The van der Waals surface area contributed by atoms with Crippen LogP contribution in [-0.4, -0.2) is 47.6 Å². The van der Waals surface area contributed by atoms with Gasteiger partial charge in [0, 0.05) is 43.3 Å². The first kappa shape index (κ1) is 13.9. The molecular formula is C14H17N3O3. The molecule has 2 amide bonds. The summed E-state index contributed by atoms with van der Waals surface area (Å²) >= 11 is 0. The van der Waals surface area contributed by atoms with Gasteiger partial charge in [0.25, 0.3) is 5.91 Å². The smallest absolute Gasteiger partial charge is 0.404 e. The fraction of sp³-hybridized carbons (Fsp3) is 0.286. The fourth-order valence-corrected chi connectivity index (χ4v) is 2.08. The highest BCUT2D eigenvalue weighted by atomic mass is 16.4.